The van der Waals surface area contributed by atoms with Crippen LogP contribution in [0.5, 0.6) is 0 Å². The number of hydrogen-bond donors (Lipinski definition) is 0. The Morgan fingerprint density at radius 1 is 0.338 bits per heavy atom. The fourth-order valence-electron chi connectivity index (χ4n) is 16.2. The summed E-state index contributed by atoms with van der Waals surface area (Å²) in [4.78, 5) is 0. The minimum absolute atomic E-state index is 0.0434. The number of benzene rings is 9. The molecule has 4 aliphatic rings. The van der Waals surface area contributed by atoms with E-state index in [1.54, 1.807) is 0 Å². The van der Waals surface area contributed by atoms with Gasteiger partial charge in [-0.2, -0.15) is 0 Å². The Labute approximate surface area is 472 Å². The van der Waals surface area contributed by atoms with Crippen LogP contribution in [0.2, 0.25) is 0 Å². The zero-order valence-electron chi connectivity index (χ0n) is 49.2. The highest BCUT2D eigenvalue weighted by Crippen LogP contribution is 2.63. The second-order valence-corrected chi connectivity index (χ2v) is 26.9. The second kappa shape index (κ2) is 16.3. The summed E-state index contributed by atoms with van der Waals surface area (Å²) < 4.78 is 8.27. The highest BCUT2D eigenvalue weighted by molar-refractivity contribution is 7.00. The summed E-state index contributed by atoms with van der Waals surface area (Å²) in [5, 5.41) is 8.13. The van der Waals surface area contributed by atoms with E-state index in [9.17, 15) is 0 Å². The zero-order chi connectivity index (χ0) is 55.0. The Morgan fingerprint density at radius 3 is 1.41 bits per heavy atom. The molecule has 1 spiro atoms. The van der Waals surface area contributed by atoms with Crippen molar-refractivity contribution >= 4 is 88.5 Å². The third kappa shape index (κ3) is 5.83. The van der Waals surface area contributed by atoms with Crippen molar-refractivity contribution in [2.24, 2.45) is 0 Å². The molecule has 394 valence electrons. The summed E-state index contributed by atoms with van der Waals surface area (Å²) in [7, 11) is 0. The monoisotopic (exact) mass is 1040 g/mol. The van der Waals surface area contributed by atoms with Gasteiger partial charge in [0.15, 0.2) is 0 Å². The van der Waals surface area contributed by atoms with Gasteiger partial charge >= 0.3 is 0 Å². The molecule has 12 aromatic rings. The number of aromatic nitrogens is 3. The molecule has 9 aromatic carbocycles. The van der Waals surface area contributed by atoms with Crippen LogP contribution >= 0.6 is 0 Å². The van der Waals surface area contributed by atoms with Crippen LogP contribution in [0.1, 0.15) is 200 Å². The summed E-state index contributed by atoms with van der Waals surface area (Å²) in [6, 6.07) is 57.3. The predicted octanol–water partition coefficient (Wildman–Crippen LogP) is 18.7. The molecule has 80 heavy (non-hydrogen) atoms. The first-order valence-corrected chi connectivity index (χ1v) is 30.3. The Morgan fingerprint density at radius 2 is 0.838 bits per heavy atom. The fourth-order valence-corrected chi connectivity index (χ4v) is 16.2. The molecule has 3 aromatic heterocycles. The van der Waals surface area contributed by atoms with Crippen molar-refractivity contribution in [3.8, 4) is 28.2 Å². The highest BCUT2D eigenvalue weighted by Gasteiger charge is 2.55. The zero-order valence-corrected chi connectivity index (χ0v) is 49.2. The van der Waals surface area contributed by atoms with Crippen LogP contribution in [0.4, 0.5) is 0 Å². The lowest BCUT2D eigenvalue weighted by Gasteiger charge is -2.44. The summed E-state index contributed by atoms with van der Waals surface area (Å²) in [5.41, 5.74) is 34.0. The molecular formula is C76H72BN3. The highest BCUT2D eigenvalue weighted by atomic mass is 15.1. The molecule has 0 saturated carbocycles. The van der Waals surface area contributed by atoms with Crippen LogP contribution in [0.15, 0.2) is 140 Å². The standard InChI is InChI=1S/C76H72BN3/c1-38(2)45-23-25-50-51-26-24-46(39(3)4)34-60(51)76(59(50)33-45)58-27-28-66-70-74(58)80-72-56(31-48(41(7)8)35-61(72)76)57-32-49(42(9)10)36-62(73(57)80)77(70)63-37-67-68(69-53-20-16-18-22-65(53)78(66)75(63)69)52-19-15-17-21-64(52)79(67)71-54(43(11)12)29-47(40(5)6)30-55(71)44(13)14/h15-44H,1-14H3. The Balaban J connectivity index is 1.15. The van der Waals surface area contributed by atoms with E-state index in [1.807, 2.05) is 0 Å². The number of fused-ring (bicyclic) bond motifs is 18. The average molecular weight is 1040 g/mol. The van der Waals surface area contributed by atoms with Crippen LogP contribution in [-0.2, 0) is 5.41 Å². The van der Waals surface area contributed by atoms with E-state index in [1.165, 1.54) is 171 Å². The van der Waals surface area contributed by atoms with Crippen molar-refractivity contribution in [2.75, 3.05) is 0 Å². The maximum absolute atomic E-state index is 2.82. The average Bonchev–Trinajstić information content (AvgIpc) is 1.77. The molecule has 1 aliphatic carbocycles. The van der Waals surface area contributed by atoms with Gasteiger partial charge in [-0.25, -0.2) is 0 Å². The molecule has 3 nitrogen and oxygen atoms in total. The van der Waals surface area contributed by atoms with Gasteiger partial charge in [-0.15, -0.1) is 0 Å². The lowest BCUT2D eigenvalue weighted by molar-refractivity contribution is 0.735. The van der Waals surface area contributed by atoms with E-state index in [-0.39, 0.29) is 6.71 Å². The number of para-hydroxylation sites is 2. The van der Waals surface area contributed by atoms with Gasteiger partial charge in [0.1, 0.15) is 0 Å². The van der Waals surface area contributed by atoms with E-state index in [2.05, 4.69) is 250 Å². The van der Waals surface area contributed by atoms with Crippen molar-refractivity contribution in [2.45, 2.75) is 144 Å². The summed E-state index contributed by atoms with van der Waals surface area (Å²) in [6.07, 6.45) is 0. The molecule has 0 saturated heterocycles. The lowest BCUT2D eigenvalue weighted by atomic mass is 9.33. The summed E-state index contributed by atoms with van der Waals surface area (Å²) in [6.45, 7) is 33.4. The molecule has 3 aliphatic heterocycles. The Bertz CT molecular complexity index is 4680. The van der Waals surface area contributed by atoms with E-state index >= 15 is 0 Å². The second-order valence-electron chi connectivity index (χ2n) is 26.9. The molecular weight excluding hydrogens is 966 g/mol. The minimum Gasteiger partial charge on any atom is -0.310 e. The first kappa shape index (κ1) is 48.4. The molecule has 4 heteroatoms. The minimum atomic E-state index is -0.575. The number of hydrogen-bond acceptors (Lipinski definition) is 0. The molecule has 0 radical (unpaired) electrons. The first-order chi connectivity index (χ1) is 38.5. The van der Waals surface area contributed by atoms with Gasteiger partial charge in [-0.05, 0) is 167 Å². The smallest absolute Gasteiger partial charge is 0.252 e. The Hall–Kier alpha value is -7.56. The lowest BCUT2D eigenvalue weighted by Crippen LogP contribution is -2.60. The summed E-state index contributed by atoms with van der Waals surface area (Å²) in [5.74, 6) is 2.49. The van der Waals surface area contributed by atoms with Crippen LogP contribution < -0.4 is 16.4 Å². The molecule has 0 amide bonds. The van der Waals surface area contributed by atoms with E-state index < -0.39 is 5.41 Å². The largest absolute Gasteiger partial charge is 0.310 e. The molecule has 0 bridgehead atoms. The molecule has 6 heterocycles. The maximum Gasteiger partial charge on any atom is 0.252 e. The molecule has 0 N–H and O–H groups in total. The van der Waals surface area contributed by atoms with Gasteiger partial charge in [0.05, 0.1) is 38.7 Å². The van der Waals surface area contributed by atoms with E-state index in [0.717, 1.165) is 0 Å². The third-order valence-electron chi connectivity index (χ3n) is 20.2. The molecule has 0 fully saturated rings. The van der Waals surface area contributed by atoms with Crippen molar-refractivity contribution in [3.63, 3.8) is 0 Å². The Kier molecular flexibility index (Phi) is 9.86. The molecule has 0 atom stereocenters. The van der Waals surface area contributed by atoms with Gasteiger partial charge in [0.2, 0.25) is 0 Å². The third-order valence-corrected chi connectivity index (χ3v) is 20.2. The molecule has 16 rings (SSSR count). The van der Waals surface area contributed by atoms with Crippen molar-refractivity contribution in [1.29, 1.82) is 0 Å². The van der Waals surface area contributed by atoms with Gasteiger partial charge in [-0.1, -0.05) is 200 Å². The van der Waals surface area contributed by atoms with Crippen LogP contribution in [-0.4, -0.2) is 20.4 Å². The van der Waals surface area contributed by atoms with Gasteiger partial charge in [0, 0.05) is 49.2 Å². The predicted molar refractivity (Wildman–Crippen MR) is 344 cm³/mol. The van der Waals surface area contributed by atoms with Crippen molar-refractivity contribution < 1.29 is 0 Å². The first-order valence-electron chi connectivity index (χ1n) is 30.3. The SMILES string of the molecule is CC(C)c1cc(C(C)C)c(-n2c3ccccc3c3c4c5ccccc5n5c4c(cc32)B2c3c-5ccc4c3-n3c5c2cc(C(C)C)cc5c2cc(C(C)C)cc(c23)C42c3cc(C(C)C)ccc3-c3ccc(C(C)C)cc32)c(C(C)C)c1. The van der Waals surface area contributed by atoms with Gasteiger partial charge < -0.3 is 13.7 Å². The van der Waals surface area contributed by atoms with Crippen molar-refractivity contribution in [1.82, 2.24) is 13.7 Å². The van der Waals surface area contributed by atoms with Crippen LogP contribution in [0.25, 0.3) is 93.6 Å². The van der Waals surface area contributed by atoms with Crippen LogP contribution in [0, 0.1) is 0 Å². The van der Waals surface area contributed by atoms with Gasteiger partial charge in [-0.3, -0.25) is 0 Å². The quantitative estimate of drug-likeness (QED) is 0.135. The maximum atomic E-state index is 2.82. The normalized spacial score (nSPS) is 14.5. The number of rotatable bonds is 8. The van der Waals surface area contributed by atoms with Crippen molar-refractivity contribution in [3.05, 3.63) is 201 Å². The van der Waals surface area contributed by atoms with E-state index in [4.69, 9.17) is 0 Å². The number of nitrogens with zero attached hydrogens (tertiary/aromatic N) is 3. The van der Waals surface area contributed by atoms with E-state index in [0.29, 0.717) is 41.4 Å². The van der Waals surface area contributed by atoms with Crippen LogP contribution in [0.3, 0.4) is 0 Å². The van der Waals surface area contributed by atoms with Gasteiger partial charge in [0.25, 0.3) is 6.71 Å². The fraction of sp³-hybridized carbons (Fsp3) is 0.289. The topological polar surface area (TPSA) is 14.8 Å². The summed E-state index contributed by atoms with van der Waals surface area (Å²) >= 11 is 0. The molecule has 0 unspecified atom stereocenters.